The van der Waals surface area contributed by atoms with Crippen molar-refractivity contribution in [3.05, 3.63) is 0 Å². The summed E-state index contributed by atoms with van der Waals surface area (Å²) < 4.78 is 0. The van der Waals surface area contributed by atoms with Gasteiger partial charge in [0.2, 0.25) is 17.7 Å². The molecule has 0 aromatic rings. The van der Waals surface area contributed by atoms with E-state index in [-0.39, 0.29) is 23.6 Å². The number of carbonyl (C=O) groups excluding carboxylic acids is 3. The summed E-state index contributed by atoms with van der Waals surface area (Å²) in [5.74, 6) is -0.0386. The second-order valence-electron chi connectivity index (χ2n) is 8.23. The van der Waals surface area contributed by atoms with Crippen molar-refractivity contribution < 1.29 is 14.4 Å². The Hall–Kier alpha value is -1.59. The molecule has 2 heterocycles. The van der Waals surface area contributed by atoms with Gasteiger partial charge >= 0.3 is 0 Å². The van der Waals surface area contributed by atoms with Crippen LogP contribution in [0.3, 0.4) is 0 Å². The number of rotatable bonds is 2. The molecule has 1 N–H and O–H groups in total. The average Bonchev–Trinajstić information content (AvgIpc) is 2.86. The van der Waals surface area contributed by atoms with Crippen molar-refractivity contribution in [3.63, 3.8) is 0 Å². The van der Waals surface area contributed by atoms with Crippen LogP contribution in [-0.2, 0) is 14.4 Å². The zero-order chi connectivity index (χ0) is 18.0. The molecule has 2 aliphatic heterocycles. The number of nitrogens with zero attached hydrogens (tertiary/aromatic N) is 2. The second kappa shape index (κ2) is 7.34. The molecule has 3 rings (SSSR count). The van der Waals surface area contributed by atoms with Crippen molar-refractivity contribution >= 4 is 17.7 Å². The van der Waals surface area contributed by atoms with Crippen molar-refractivity contribution in [3.8, 4) is 0 Å². The highest BCUT2D eigenvalue weighted by Crippen LogP contribution is 2.30. The largest absolute Gasteiger partial charge is 0.352 e. The van der Waals surface area contributed by atoms with Crippen LogP contribution < -0.4 is 5.32 Å². The zero-order valence-electron chi connectivity index (χ0n) is 15.6. The number of amides is 3. The Morgan fingerprint density at radius 3 is 2.44 bits per heavy atom. The van der Waals surface area contributed by atoms with Crippen LogP contribution in [0, 0.1) is 5.92 Å². The quantitative estimate of drug-likeness (QED) is 0.771. The predicted octanol–water partition coefficient (Wildman–Crippen LogP) is 1.68. The number of piperidine rings is 1. The van der Waals surface area contributed by atoms with Crippen molar-refractivity contribution in [2.45, 2.75) is 76.8 Å². The molecule has 0 bridgehead atoms. The van der Waals surface area contributed by atoms with Gasteiger partial charge in [0.15, 0.2) is 0 Å². The van der Waals surface area contributed by atoms with E-state index in [1.807, 2.05) is 4.90 Å². The monoisotopic (exact) mass is 349 g/mol. The highest BCUT2D eigenvalue weighted by atomic mass is 16.2. The first-order valence-corrected chi connectivity index (χ1v) is 9.80. The molecule has 140 valence electrons. The van der Waals surface area contributed by atoms with Gasteiger partial charge < -0.3 is 15.1 Å². The lowest BCUT2D eigenvalue weighted by Gasteiger charge is -2.45. The third-order valence-electron chi connectivity index (χ3n) is 6.18. The molecule has 3 aliphatic rings. The van der Waals surface area contributed by atoms with Gasteiger partial charge in [0.25, 0.3) is 0 Å². The maximum absolute atomic E-state index is 13.1. The normalized spacial score (nSPS) is 28.5. The number of carbonyl (C=O) groups is 3. The van der Waals surface area contributed by atoms with E-state index in [9.17, 15) is 14.4 Å². The summed E-state index contributed by atoms with van der Waals surface area (Å²) in [4.78, 5) is 41.4. The molecule has 1 saturated carbocycles. The van der Waals surface area contributed by atoms with Gasteiger partial charge in [-0.05, 0) is 33.1 Å². The summed E-state index contributed by atoms with van der Waals surface area (Å²) in [5, 5.41) is 2.84. The molecular formula is C19H31N3O3. The van der Waals surface area contributed by atoms with Gasteiger partial charge in [-0.3, -0.25) is 14.4 Å². The Labute approximate surface area is 150 Å². The Morgan fingerprint density at radius 2 is 1.76 bits per heavy atom. The lowest BCUT2D eigenvalue weighted by molar-refractivity contribution is -0.155. The highest BCUT2D eigenvalue weighted by molar-refractivity contribution is 5.93. The first kappa shape index (κ1) is 18.2. The van der Waals surface area contributed by atoms with Gasteiger partial charge in [-0.1, -0.05) is 25.7 Å². The molecule has 6 nitrogen and oxygen atoms in total. The number of hydrogen-bond donors (Lipinski definition) is 1. The van der Waals surface area contributed by atoms with Gasteiger partial charge in [-0.15, -0.1) is 0 Å². The number of piperazine rings is 1. The molecule has 1 atom stereocenters. The summed E-state index contributed by atoms with van der Waals surface area (Å²) in [7, 11) is 0. The fourth-order valence-corrected chi connectivity index (χ4v) is 4.50. The van der Waals surface area contributed by atoms with Gasteiger partial charge in [0.05, 0.1) is 5.92 Å². The third kappa shape index (κ3) is 3.67. The lowest BCUT2D eigenvalue weighted by atomic mass is 9.90. The van der Waals surface area contributed by atoms with Crippen LogP contribution in [0.4, 0.5) is 0 Å². The fourth-order valence-electron chi connectivity index (χ4n) is 4.50. The van der Waals surface area contributed by atoms with Crippen LogP contribution in [0.2, 0.25) is 0 Å². The van der Waals surface area contributed by atoms with E-state index in [4.69, 9.17) is 0 Å². The van der Waals surface area contributed by atoms with E-state index in [1.165, 1.54) is 25.7 Å². The molecule has 0 aromatic carbocycles. The topological polar surface area (TPSA) is 69.7 Å². The van der Waals surface area contributed by atoms with Gasteiger partial charge in [0, 0.05) is 32.1 Å². The van der Waals surface area contributed by atoms with Crippen molar-refractivity contribution in [2.75, 3.05) is 19.6 Å². The van der Waals surface area contributed by atoms with Gasteiger partial charge in [-0.25, -0.2) is 0 Å². The van der Waals surface area contributed by atoms with Crippen molar-refractivity contribution in [1.82, 2.24) is 15.1 Å². The molecule has 3 amide bonds. The number of nitrogens with one attached hydrogen (secondary N) is 1. The molecule has 0 aromatic heterocycles. The Kier molecular flexibility index (Phi) is 5.35. The molecule has 2 saturated heterocycles. The first-order chi connectivity index (χ1) is 11.9. The Morgan fingerprint density at radius 1 is 1.08 bits per heavy atom. The summed E-state index contributed by atoms with van der Waals surface area (Å²) in [5.41, 5.74) is -0.816. The smallest absolute Gasteiger partial charge is 0.245 e. The van der Waals surface area contributed by atoms with E-state index in [1.54, 1.807) is 18.7 Å². The molecule has 0 radical (unpaired) electrons. The fraction of sp³-hybridized carbons (Fsp3) is 0.842. The standard InChI is InChI=1S/C19H31N3O3/c1-19(2)18(25)20-11-12-22(19)17(24)14-9-10-16(23)21(13-14)15-7-5-3-4-6-8-15/h14-15H,3-13H2,1-2H3,(H,20,25). The summed E-state index contributed by atoms with van der Waals surface area (Å²) in [6, 6.07) is 0.295. The van der Waals surface area contributed by atoms with Crippen molar-refractivity contribution in [1.29, 1.82) is 0 Å². The minimum absolute atomic E-state index is 0.0333. The maximum atomic E-state index is 13.1. The zero-order valence-corrected chi connectivity index (χ0v) is 15.6. The molecule has 1 aliphatic carbocycles. The highest BCUT2D eigenvalue weighted by Gasteiger charge is 2.44. The molecule has 3 fully saturated rings. The van der Waals surface area contributed by atoms with Crippen LogP contribution in [0.25, 0.3) is 0 Å². The lowest BCUT2D eigenvalue weighted by Crippen LogP contribution is -2.65. The van der Waals surface area contributed by atoms with E-state index < -0.39 is 5.54 Å². The average molecular weight is 349 g/mol. The predicted molar refractivity (Wildman–Crippen MR) is 94.7 cm³/mol. The molecule has 6 heteroatoms. The molecular weight excluding hydrogens is 318 g/mol. The van der Waals surface area contributed by atoms with Crippen molar-refractivity contribution in [2.24, 2.45) is 5.92 Å². The maximum Gasteiger partial charge on any atom is 0.245 e. The van der Waals surface area contributed by atoms with Gasteiger partial charge in [-0.2, -0.15) is 0 Å². The van der Waals surface area contributed by atoms with Crippen LogP contribution in [-0.4, -0.2) is 58.7 Å². The minimum atomic E-state index is -0.816. The summed E-state index contributed by atoms with van der Waals surface area (Å²) in [6.45, 7) is 5.18. The van der Waals surface area contributed by atoms with E-state index in [0.717, 1.165) is 12.8 Å². The Balaban J connectivity index is 1.70. The SMILES string of the molecule is CC1(C)C(=O)NCCN1C(=O)C1CCC(=O)N(C2CCCCCC2)C1. The van der Waals surface area contributed by atoms with E-state index >= 15 is 0 Å². The second-order valence-corrected chi connectivity index (χ2v) is 8.23. The molecule has 1 unspecified atom stereocenters. The number of likely N-dealkylation sites (tertiary alicyclic amines) is 1. The van der Waals surface area contributed by atoms with E-state index in [0.29, 0.717) is 38.5 Å². The molecule has 25 heavy (non-hydrogen) atoms. The minimum Gasteiger partial charge on any atom is -0.352 e. The van der Waals surface area contributed by atoms with Crippen LogP contribution >= 0.6 is 0 Å². The van der Waals surface area contributed by atoms with Crippen LogP contribution in [0.1, 0.15) is 65.2 Å². The van der Waals surface area contributed by atoms with E-state index in [2.05, 4.69) is 5.32 Å². The third-order valence-corrected chi connectivity index (χ3v) is 6.18. The summed E-state index contributed by atoms with van der Waals surface area (Å²) in [6.07, 6.45) is 8.02. The summed E-state index contributed by atoms with van der Waals surface area (Å²) >= 11 is 0. The van der Waals surface area contributed by atoms with Crippen LogP contribution in [0.5, 0.6) is 0 Å². The number of hydrogen-bond acceptors (Lipinski definition) is 3. The molecule has 0 spiro atoms. The Bertz CT molecular complexity index is 538. The van der Waals surface area contributed by atoms with Gasteiger partial charge in [0.1, 0.15) is 5.54 Å². The first-order valence-electron chi connectivity index (χ1n) is 9.80. The van der Waals surface area contributed by atoms with Crippen LogP contribution in [0.15, 0.2) is 0 Å².